The summed E-state index contributed by atoms with van der Waals surface area (Å²) in [7, 11) is 0. The van der Waals surface area contributed by atoms with Crippen molar-refractivity contribution in [2.45, 2.75) is 85.7 Å². The van der Waals surface area contributed by atoms with E-state index in [0.717, 1.165) is 54.0 Å². The lowest BCUT2D eigenvalue weighted by Gasteiger charge is -2.31. The number of nitrogens with zero attached hydrogens (tertiary/aromatic N) is 4. The molecule has 0 aromatic carbocycles. The van der Waals surface area contributed by atoms with Crippen LogP contribution in [0, 0.1) is 0 Å². The highest BCUT2D eigenvalue weighted by Gasteiger charge is 2.32. The van der Waals surface area contributed by atoms with Gasteiger partial charge in [0.25, 0.3) is 6.43 Å². The molecule has 0 radical (unpaired) electrons. The molecule has 0 aliphatic carbocycles. The summed E-state index contributed by atoms with van der Waals surface area (Å²) in [6.45, 7) is 16.4. The molecule has 0 N–H and O–H groups in total. The molecule has 2 aliphatic heterocycles. The minimum absolute atomic E-state index is 0.0315. The summed E-state index contributed by atoms with van der Waals surface area (Å²) in [5, 5.41) is 5.12. The molecule has 1 aromatic heterocycles. The van der Waals surface area contributed by atoms with Crippen molar-refractivity contribution in [3.8, 4) is 0 Å². The van der Waals surface area contributed by atoms with Crippen LogP contribution in [0.5, 0.6) is 0 Å². The molecular formula is C27H40F2N4O2. The van der Waals surface area contributed by atoms with Crippen molar-refractivity contribution in [1.29, 1.82) is 0 Å². The Kier molecular flexibility index (Phi) is 9.27. The maximum atomic E-state index is 14.0. The smallest absolute Gasteiger partial charge is 0.264 e. The van der Waals surface area contributed by atoms with E-state index in [4.69, 9.17) is 9.84 Å². The molecule has 6 nitrogen and oxygen atoms in total. The van der Waals surface area contributed by atoms with Gasteiger partial charge in [-0.2, -0.15) is 5.10 Å². The van der Waals surface area contributed by atoms with Crippen LogP contribution < -0.4 is 4.90 Å². The van der Waals surface area contributed by atoms with E-state index in [1.54, 1.807) is 13.0 Å². The minimum atomic E-state index is -2.61. The summed E-state index contributed by atoms with van der Waals surface area (Å²) in [6, 6.07) is 0.237. The number of amides is 1. The molecule has 3 heterocycles. The van der Waals surface area contributed by atoms with Gasteiger partial charge in [-0.3, -0.25) is 9.48 Å². The van der Waals surface area contributed by atoms with E-state index < -0.39 is 6.43 Å². The van der Waals surface area contributed by atoms with Crippen molar-refractivity contribution in [2.75, 3.05) is 31.2 Å². The number of alkyl halides is 2. The van der Waals surface area contributed by atoms with E-state index in [9.17, 15) is 13.6 Å². The molecule has 0 spiro atoms. The number of hydrogen-bond acceptors (Lipinski definition) is 4. The van der Waals surface area contributed by atoms with Gasteiger partial charge in [0, 0.05) is 62.2 Å². The number of ether oxygens (including phenoxy) is 1. The third-order valence-electron chi connectivity index (χ3n) is 6.92. The standard InChI is InChI=1S/C27H40F2N4O2/c1-7-12-32(25(18(3)4)16-22(26(28)29)19(5)8-2)27-23-17-31(20(6)34)13-9-24(23)33(30-27)21-10-14-35-15-11-21/h16,21,26H,5,7-15,17H2,1-4,6H3/b22-16+. The predicted molar refractivity (Wildman–Crippen MR) is 136 cm³/mol. The molecule has 35 heavy (non-hydrogen) atoms. The van der Waals surface area contributed by atoms with Gasteiger partial charge in [0.05, 0.1) is 12.6 Å². The summed E-state index contributed by atoms with van der Waals surface area (Å²) in [4.78, 5) is 16.2. The van der Waals surface area contributed by atoms with Crippen molar-refractivity contribution in [3.63, 3.8) is 0 Å². The van der Waals surface area contributed by atoms with Gasteiger partial charge in [-0.05, 0) is 51.2 Å². The van der Waals surface area contributed by atoms with Crippen molar-refractivity contribution >= 4 is 11.7 Å². The summed E-state index contributed by atoms with van der Waals surface area (Å²) in [5.41, 5.74) is 4.21. The van der Waals surface area contributed by atoms with Gasteiger partial charge in [-0.15, -0.1) is 0 Å². The zero-order valence-corrected chi connectivity index (χ0v) is 21.9. The molecule has 3 rings (SSSR count). The lowest BCUT2D eigenvalue weighted by Crippen LogP contribution is -2.36. The fraction of sp³-hybridized carbons (Fsp3) is 0.630. The molecule has 2 aliphatic rings. The highest BCUT2D eigenvalue weighted by molar-refractivity contribution is 5.74. The Morgan fingerprint density at radius 1 is 1.26 bits per heavy atom. The maximum absolute atomic E-state index is 14.0. The van der Waals surface area contributed by atoms with E-state index in [1.807, 2.05) is 25.7 Å². The molecule has 0 bridgehead atoms. The zero-order valence-electron chi connectivity index (χ0n) is 21.9. The number of hydrogen-bond donors (Lipinski definition) is 0. The van der Waals surface area contributed by atoms with Crippen LogP contribution in [0.25, 0.3) is 0 Å². The Labute approximate surface area is 208 Å². The van der Waals surface area contributed by atoms with Crippen LogP contribution >= 0.6 is 0 Å². The molecule has 0 unspecified atom stereocenters. The molecule has 1 saturated heterocycles. The number of aromatic nitrogens is 2. The predicted octanol–water partition coefficient (Wildman–Crippen LogP) is 5.81. The monoisotopic (exact) mass is 490 g/mol. The molecule has 1 aromatic rings. The largest absolute Gasteiger partial charge is 0.381 e. The van der Waals surface area contributed by atoms with Gasteiger partial charge in [0.1, 0.15) is 0 Å². The molecular weight excluding hydrogens is 450 g/mol. The van der Waals surface area contributed by atoms with Crippen molar-refractivity contribution < 1.29 is 18.3 Å². The topological polar surface area (TPSA) is 50.6 Å². The van der Waals surface area contributed by atoms with Gasteiger partial charge >= 0.3 is 0 Å². The van der Waals surface area contributed by atoms with Gasteiger partial charge < -0.3 is 14.5 Å². The SMILES string of the molecule is C=C(CC)/C(=C\C(=C(C)C)N(CCC)c1nn(C2CCOCC2)c2c1CN(C(C)=O)CC2)C(F)F. The van der Waals surface area contributed by atoms with Crippen molar-refractivity contribution in [3.05, 3.63) is 46.3 Å². The van der Waals surface area contributed by atoms with E-state index >= 15 is 0 Å². The number of carbonyl (C=O) groups is 1. The lowest BCUT2D eigenvalue weighted by atomic mass is 10.0. The normalized spacial score (nSPS) is 16.9. The molecule has 1 amide bonds. The fourth-order valence-electron chi connectivity index (χ4n) is 4.87. The first-order valence-electron chi connectivity index (χ1n) is 12.8. The zero-order chi connectivity index (χ0) is 25.7. The Morgan fingerprint density at radius 3 is 2.49 bits per heavy atom. The Hall–Kier alpha value is -2.48. The summed E-state index contributed by atoms with van der Waals surface area (Å²) < 4.78 is 35.8. The van der Waals surface area contributed by atoms with Gasteiger partial charge in [0.2, 0.25) is 5.91 Å². The van der Waals surface area contributed by atoms with Crippen LogP contribution in [-0.2, 0) is 22.5 Å². The minimum Gasteiger partial charge on any atom is -0.381 e. The molecule has 194 valence electrons. The Balaban J connectivity index is 2.17. The van der Waals surface area contributed by atoms with Gasteiger partial charge in [-0.1, -0.05) is 26.0 Å². The van der Waals surface area contributed by atoms with E-state index in [-0.39, 0.29) is 17.5 Å². The average Bonchev–Trinajstić information content (AvgIpc) is 3.22. The van der Waals surface area contributed by atoms with E-state index in [2.05, 4.69) is 23.1 Å². The Bertz CT molecular complexity index is 986. The Morgan fingerprint density at radius 2 is 1.94 bits per heavy atom. The third-order valence-corrected chi connectivity index (χ3v) is 6.92. The lowest BCUT2D eigenvalue weighted by molar-refractivity contribution is -0.129. The van der Waals surface area contributed by atoms with Crippen LogP contribution in [0.4, 0.5) is 14.6 Å². The second kappa shape index (κ2) is 12.0. The van der Waals surface area contributed by atoms with Crippen molar-refractivity contribution in [2.24, 2.45) is 0 Å². The number of carbonyl (C=O) groups excluding carboxylic acids is 1. The summed E-state index contributed by atoms with van der Waals surface area (Å²) in [6.07, 6.45) is 2.77. The number of anilines is 1. The van der Waals surface area contributed by atoms with Crippen LogP contribution in [0.15, 0.2) is 35.1 Å². The molecule has 8 heteroatoms. The van der Waals surface area contributed by atoms with Crippen LogP contribution in [0.1, 0.15) is 77.6 Å². The molecule has 1 fully saturated rings. The summed E-state index contributed by atoms with van der Waals surface area (Å²) >= 11 is 0. The number of rotatable bonds is 9. The maximum Gasteiger partial charge on any atom is 0.264 e. The van der Waals surface area contributed by atoms with Crippen LogP contribution in [0.3, 0.4) is 0 Å². The van der Waals surface area contributed by atoms with Gasteiger partial charge in [-0.25, -0.2) is 8.78 Å². The van der Waals surface area contributed by atoms with E-state index in [0.29, 0.717) is 44.8 Å². The molecule has 0 atom stereocenters. The third kappa shape index (κ3) is 6.02. The van der Waals surface area contributed by atoms with Crippen LogP contribution in [-0.4, -0.2) is 53.3 Å². The second-order valence-corrected chi connectivity index (χ2v) is 9.62. The molecule has 0 saturated carbocycles. The van der Waals surface area contributed by atoms with Crippen molar-refractivity contribution in [1.82, 2.24) is 14.7 Å². The number of halogens is 2. The second-order valence-electron chi connectivity index (χ2n) is 9.62. The fourth-order valence-corrected chi connectivity index (χ4v) is 4.87. The van der Waals surface area contributed by atoms with Gasteiger partial charge in [0.15, 0.2) is 5.82 Å². The van der Waals surface area contributed by atoms with E-state index in [1.165, 1.54) is 0 Å². The highest BCUT2D eigenvalue weighted by Crippen LogP contribution is 2.36. The number of allylic oxidation sites excluding steroid dienone is 4. The number of fused-ring (bicyclic) bond motifs is 1. The average molecular weight is 491 g/mol. The highest BCUT2D eigenvalue weighted by atomic mass is 19.3. The first-order chi connectivity index (χ1) is 16.7. The van der Waals surface area contributed by atoms with Crippen LogP contribution in [0.2, 0.25) is 0 Å². The summed E-state index contributed by atoms with van der Waals surface area (Å²) in [5.74, 6) is 0.798. The quantitative estimate of drug-likeness (QED) is 0.410. The first-order valence-corrected chi connectivity index (χ1v) is 12.8. The first kappa shape index (κ1) is 27.1.